The fourth-order valence-corrected chi connectivity index (χ4v) is 3.68. The third-order valence-corrected chi connectivity index (χ3v) is 4.79. The average molecular weight is 282 g/mol. The van der Waals surface area contributed by atoms with Gasteiger partial charge in [0.25, 0.3) is 0 Å². The van der Waals surface area contributed by atoms with Crippen LogP contribution >= 0.6 is 11.3 Å². The van der Waals surface area contributed by atoms with E-state index in [4.69, 9.17) is 5.11 Å². The van der Waals surface area contributed by atoms with Gasteiger partial charge in [0.1, 0.15) is 0 Å². The van der Waals surface area contributed by atoms with Gasteiger partial charge in [-0.3, -0.25) is 9.69 Å². The van der Waals surface area contributed by atoms with E-state index in [2.05, 4.69) is 16.8 Å². The third-order valence-electron chi connectivity index (χ3n) is 3.89. The van der Waals surface area contributed by atoms with Crippen molar-refractivity contribution in [3.05, 3.63) is 16.1 Å². The van der Waals surface area contributed by atoms with Crippen molar-refractivity contribution in [1.82, 2.24) is 9.88 Å². The van der Waals surface area contributed by atoms with Crippen molar-refractivity contribution in [1.29, 1.82) is 0 Å². The van der Waals surface area contributed by atoms with Gasteiger partial charge in [0.15, 0.2) is 0 Å². The molecule has 1 aliphatic heterocycles. The maximum Gasteiger partial charge on any atom is 0.303 e. The molecule has 1 aromatic heterocycles. The molecule has 2 unspecified atom stereocenters. The highest BCUT2D eigenvalue weighted by atomic mass is 32.1. The molecule has 1 fully saturated rings. The molecule has 5 heteroatoms. The van der Waals surface area contributed by atoms with Gasteiger partial charge in [0.05, 0.1) is 5.01 Å². The van der Waals surface area contributed by atoms with Gasteiger partial charge in [0, 0.05) is 30.6 Å². The number of aliphatic carboxylic acids is 1. The number of carbonyl (C=O) groups is 1. The number of aromatic nitrogens is 1. The van der Waals surface area contributed by atoms with Crippen LogP contribution in [0.5, 0.6) is 0 Å². The van der Waals surface area contributed by atoms with Crippen LogP contribution in [-0.4, -0.2) is 34.0 Å². The van der Waals surface area contributed by atoms with Crippen molar-refractivity contribution in [2.45, 2.75) is 39.7 Å². The predicted octanol–water partition coefficient (Wildman–Crippen LogP) is 2.77. The second-order valence-corrected chi connectivity index (χ2v) is 6.88. The summed E-state index contributed by atoms with van der Waals surface area (Å²) in [7, 11) is 0. The summed E-state index contributed by atoms with van der Waals surface area (Å²) in [6.45, 7) is 7.20. The number of hydrogen-bond donors (Lipinski definition) is 1. The highest BCUT2D eigenvalue weighted by Crippen LogP contribution is 2.27. The van der Waals surface area contributed by atoms with Gasteiger partial charge in [-0.15, -0.1) is 11.3 Å². The second-order valence-electron chi connectivity index (χ2n) is 5.56. The summed E-state index contributed by atoms with van der Waals surface area (Å²) in [5.41, 5.74) is 0. The zero-order valence-corrected chi connectivity index (χ0v) is 12.4. The molecule has 4 nitrogen and oxygen atoms in total. The molecular formula is C14H22N2O2S. The lowest BCUT2D eigenvalue weighted by Gasteiger charge is -2.35. The van der Waals surface area contributed by atoms with Crippen LogP contribution in [-0.2, 0) is 11.3 Å². The Hall–Kier alpha value is -0.940. The Balaban J connectivity index is 1.88. The van der Waals surface area contributed by atoms with Crippen LogP contribution in [0, 0.1) is 18.8 Å². The molecule has 1 aromatic rings. The monoisotopic (exact) mass is 282 g/mol. The molecule has 0 saturated carbocycles. The first kappa shape index (κ1) is 14.5. The first-order valence-corrected chi connectivity index (χ1v) is 7.71. The van der Waals surface area contributed by atoms with Crippen molar-refractivity contribution >= 4 is 17.3 Å². The Bertz CT molecular complexity index is 433. The molecule has 2 heterocycles. The summed E-state index contributed by atoms with van der Waals surface area (Å²) in [6, 6.07) is 0. The maximum absolute atomic E-state index is 10.8. The van der Waals surface area contributed by atoms with E-state index in [0.717, 1.165) is 31.1 Å². The van der Waals surface area contributed by atoms with E-state index in [1.807, 2.05) is 13.1 Å². The number of piperidine rings is 1. The van der Waals surface area contributed by atoms with E-state index in [1.165, 1.54) is 11.3 Å². The average Bonchev–Trinajstić information content (AvgIpc) is 2.74. The molecule has 2 atom stereocenters. The summed E-state index contributed by atoms with van der Waals surface area (Å²) in [6.07, 6.45) is 4.58. The van der Waals surface area contributed by atoms with Crippen molar-refractivity contribution < 1.29 is 9.90 Å². The normalized spacial score (nSPS) is 22.3. The van der Waals surface area contributed by atoms with Crippen molar-refractivity contribution in [2.75, 3.05) is 13.1 Å². The Morgan fingerprint density at radius 3 is 3.11 bits per heavy atom. The van der Waals surface area contributed by atoms with E-state index >= 15 is 0 Å². The van der Waals surface area contributed by atoms with Gasteiger partial charge < -0.3 is 5.11 Å². The van der Waals surface area contributed by atoms with Gasteiger partial charge >= 0.3 is 5.97 Å². The van der Waals surface area contributed by atoms with Crippen LogP contribution in [0.15, 0.2) is 6.20 Å². The smallest absolute Gasteiger partial charge is 0.303 e. The highest BCUT2D eigenvalue weighted by molar-refractivity contribution is 7.11. The molecule has 0 bridgehead atoms. The van der Waals surface area contributed by atoms with Crippen LogP contribution in [0.25, 0.3) is 0 Å². The number of nitrogens with zero attached hydrogens (tertiary/aromatic N) is 2. The molecule has 1 saturated heterocycles. The highest BCUT2D eigenvalue weighted by Gasteiger charge is 2.26. The minimum atomic E-state index is -0.678. The van der Waals surface area contributed by atoms with Crippen molar-refractivity contribution in [2.24, 2.45) is 11.8 Å². The molecule has 0 aromatic carbocycles. The Labute approximate surface area is 118 Å². The Morgan fingerprint density at radius 1 is 1.68 bits per heavy atom. The van der Waals surface area contributed by atoms with E-state index < -0.39 is 5.97 Å². The first-order chi connectivity index (χ1) is 9.04. The fourth-order valence-electron chi connectivity index (χ4n) is 2.84. The van der Waals surface area contributed by atoms with Gasteiger partial charge in [0.2, 0.25) is 0 Å². The fraction of sp³-hybridized carbons (Fsp3) is 0.714. The Morgan fingerprint density at radius 2 is 2.47 bits per heavy atom. The summed E-state index contributed by atoms with van der Waals surface area (Å²) >= 11 is 1.75. The topological polar surface area (TPSA) is 53.4 Å². The van der Waals surface area contributed by atoms with Crippen LogP contribution < -0.4 is 0 Å². The van der Waals surface area contributed by atoms with Crippen molar-refractivity contribution in [3.63, 3.8) is 0 Å². The molecule has 0 amide bonds. The van der Waals surface area contributed by atoms with Gasteiger partial charge in [-0.05, 0) is 38.1 Å². The zero-order chi connectivity index (χ0) is 13.8. The summed E-state index contributed by atoms with van der Waals surface area (Å²) in [4.78, 5) is 18.9. The van der Waals surface area contributed by atoms with Crippen molar-refractivity contribution in [3.8, 4) is 0 Å². The van der Waals surface area contributed by atoms with E-state index in [1.54, 1.807) is 11.3 Å². The van der Waals surface area contributed by atoms with Crippen LogP contribution in [0.2, 0.25) is 0 Å². The number of hydrogen-bond acceptors (Lipinski definition) is 4. The number of aryl methyl sites for hydroxylation is 1. The molecule has 0 radical (unpaired) electrons. The molecule has 1 N–H and O–H groups in total. The van der Waals surface area contributed by atoms with Crippen LogP contribution in [0.1, 0.15) is 36.1 Å². The summed E-state index contributed by atoms with van der Waals surface area (Å²) in [5.74, 6) is 0.102. The summed E-state index contributed by atoms with van der Waals surface area (Å²) < 4.78 is 0. The number of carboxylic acids is 1. The lowest BCUT2D eigenvalue weighted by molar-refractivity contribution is -0.138. The quantitative estimate of drug-likeness (QED) is 0.902. The van der Waals surface area contributed by atoms with Gasteiger partial charge in [-0.1, -0.05) is 6.92 Å². The minimum absolute atomic E-state index is 0.267. The molecular weight excluding hydrogens is 260 g/mol. The largest absolute Gasteiger partial charge is 0.481 e. The lowest BCUT2D eigenvalue weighted by atomic mass is 9.84. The third kappa shape index (κ3) is 4.28. The molecule has 19 heavy (non-hydrogen) atoms. The number of carboxylic acid groups (broad SMARTS) is 1. The predicted molar refractivity (Wildman–Crippen MR) is 76.3 cm³/mol. The van der Waals surface area contributed by atoms with Crippen LogP contribution in [0.4, 0.5) is 0 Å². The van der Waals surface area contributed by atoms with Gasteiger partial charge in [-0.2, -0.15) is 0 Å². The zero-order valence-electron chi connectivity index (χ0n) is 11.6. The minimum Gasteiger partial charge on any atom is -0.481 e. The molecule has 0 spiro atoms. The number of likely N-dealkylation sites (tertiary alicyclic amines) is 1. The van der Waals surface area contributed by atoms with Gasteiger partial charge in [-0.25, -0.2) is 4.98 Å². The first-order valence-electron chi connectivity index (χ1n) is 6.90. The molecule has 106 valence electrons. The Kier molecular flexibility index (Phi) is 4.93. The van der Waals surface area contributed by atoms with E-state index in [0.29, 0.717) is 5.92 Å². The summed E-state index contributed by atoms with van der Waals surface area (Å²) in [5, 5.41) is 10.0. The maximum atomic E-state index is 10.8. The SMILES string of the molecule is Cc1ncc(CN2CCCC(C(C)CC(=O)O)C2)s1. The lowest BCUT2D eigenvalue weighted by Crippen LogP contribution is -2.37. The van der Waals surface area contributed by atoms with E-state index in [9.17, 15) is 4.79 Å². The van der Waals surface area contributed by atoms with Crippen LogP contribution in [0.3, 0.4) is 0 Å². The number of rotatable bonds is 5. The molecule has 2 rings (SSSR count). The molecule has 0 aliphatic carbocycles. The standard InChI is InChI=1S/C14H22N2O2S/c1-10(6-14(17)18)12-4-3-5-16(8-12)9-13-7-15-11(2)19-13/h7,10,12H,3-6,8-9H2,1-2H3,(H,17,18). The van der Waals surface area contributed by atoms with E-state index in [-0.39, 0.29) is 12.3 Å². The second kappa shape index (κ2) is 6.48. The molecule has 1 aliphatic rings. The number of thiazole rings is 1.